The standard InChI is InChI=1S/C21H27NO4/c1-18(21(23)24)26-15-14-25-13-12-22(16-19-8-4-2-5-9-19)17-20-10-6-3-7-11-20/h2-11,18H,12-17H2,1H3,(H,23,24). The monoisotopic (exact) mass is 357 g/mol. The first-order chi connectivity index (χ1) is 12.6. The summed E-state index contributed by atoms with van der Waals surface area (Å²) in [5.41, 5.74) is 2.53. The van der Waals surface area contributed by atoms with Crippen LogP contribution in [-0.2, 0) is 27.4 Å². The summed E-state index contributed by atoms with van der Waals surface area (Å²) in [6.45, 7) is 5.26. The minimum absolute atomic E-state index is 0.283. The van der Waals surface area contributed by atoms with Crippen LogP contribution in [0.4, 0.5) is 0 Å². The van der Waals surface area contributed by atoms with Gasteiger partial charge in [-0.2, -0.15) is 0 Å². The Morgan fingerprint density at radius 2 is 1.46 bits per heavy atom. The highest BCUT2D eigenvalue weighted by molar-refractivity contribution is 5.71. The van der Waals surface area contributed by atoms with E-state index in [-0.39, 0.29) is 6.61 Å². The van der Waals surface area contributed by atoms with E-state index in [9.17, 15) is 4.79 Å². The maximum atomic E-state index is 10.7. The topological polar surface area (TPSA) is 59.0 Å². The lowest BCUT2D eigenvalue weighted by molar-refractivity contribution is -0.150. The van der Waals surface area contributed by atoms with Gasteiger partial charge in [0.15, 0.2) is 6.10 Å². The van der Waals surface area contributed by atoms with Crippen LogP contribution in [0, 0.1) is 0 Å². The highest BCUT2D eigenvalue weighted by atomic mass is 16.5. The molecule has 1 unspecified atom stereocenters. The van der Waals surface area contributed by atoms with Crippen LogP contribution in [0.3, 0.4) is 0 Å². The van der Waals surface area contributed by atoms with E-state index in [4.69, 9.17) is 14.6 Å². The van der Waals surface area contributed by atoms with Gasteiger partial charge in [-0.05, 0) is 18.1 Å². The molecule has 0 aliphatic rings. The first kappa shape index (κ1) is 20.1. The first-order valence-electron chi connectivity index (χ1n) is 8.87. The summed E-state index contributed by atoms with van der Waals surface area (Å²) >= 11 is 0. The van der Waals surface area contributed by atoms with E-state index in [1.165, 1.54) is 18.1 Å². The number of hydrogen-bond acceptors (Lipinski definition) is 4. The quantitative estimate of drug-likeness (QED) is 0.591. The fourth-order valence-corrected chi connectivity index (χ4v) is 2.55. The normalized spacial score (nSPS) is 12.2. The Labute approximate surface area is 155 Å². The van der Waals surface area contributed by atoms with E-state index in [0.717, 1.165) is 19.6 Å². The lowest BCUT2D eigenvalue weighted by Gasteiger charge is -2.22. The SMILES string of the molecule is CC(OCCOCCN(Cc1ccccc1)Cc1ccccc1)C(=O)O. The Morgan fingerprint density at radius 3 is 1.96 bits per heavy atom. The smallest absolute Gasteiger partial charge is 0.332 e. The van der Waals surface area contributed by atoms with Crippen molar-refractivity contribution in [2.45, 2.75) is 26.1 Å². The molecule has 2 aromatic rings. The molecule has 0 amide bonds. The summed E-state index contributed by atoms with van der Waals surface area (Å²) in [5, 5.41) is 8.77. The van der Waals surface area contributed by atoms with Gasteiger partial charge in [0.05, 0.1) is 19.8 Å². The van der Waals surface area contributed by atoms with Crippen molar-refractivity contribution in [1.82, 2.24) is 4.90 Å². The minimum Gasteiger partial charge on any atom is -0.479 e. The van der Waals surface area contributed by atoms with E-state index in [1.54, 1.807) is 0 Å². The summed E-state index contributed by atoms with van der Waals surface area (Å²) in [4.78, 5) is 13.0. The van der Waals surface area contributed by atoms with E-state index >= 15 is 0 Å². The van der Waals surface area contributed by atoms with Crippen molar-refractivity contribution in [3.05, 3.63) is 71.8 Å². The van der Waals surface area contributed by atoms with E-state index in [0.29, 0.717) is 13.2 Å². The molecule has 0 aliphatic carbocycles. The van der Waals surface area contributed by atoms with Gasteiger partial charge in [-0.1, -0.05) is 60.7 Å². The third kappa shape index (κ3) is 7.78. The molecule has 2 rings (SSSR count). The molecule has 0 radical (unpaired) electrons. The van der Waals surface area contributed by atoms with Crippen molar-refractivity contribution in [3.8, 4) is 0 Å². The van der Waals surface area contributed by atoms with Gasteiger partial charge in [-0.15, -0.1) is 0 Å². The van der Waals surface area contributed by atoms with Crippen molar-refractivity contribution in [2.24, 2.45) is 0 Å². The average molecular weight is 357 g/mol. The second kappa shape index (κ2) is 11.4. The Balaban J connectivity index is 1.77. The number of hydrogen-bond donors (Lipinski definition) is 1. The second-order valence-electron chi connectivity index (χ2n) is 6.15. The van der Waals surface area contributed by atoms with E-state index in [2.05, 4.69) is 29.2 Å². The molecule has 26 heavy (non-hydrogen) atoms. The molecule has 0 aliphatic heterocycles. The molecule has 1 N–H and O–H groups in total. The zero-order valence-electron chi connectivity index (χ0n) is 15.2. The van der Waals surface area contributed by atoms with Crippen molar-refractivity contribution >= 4 is 5.97 Å². The van der Waals surface area contributed by atoms with Gasteiger partial charge in [-0.25, -0.2) is 4.79 Å². The number of benzene rings is 2. The number of rotatable bonds is 12. The van der Waals surface area contributed by atoms with Gasteiger partial charge in [-0.3, -0.25) is 4.90 Å². The van der Waals surface area contributed by atoms with Crippen LogP contribution >= 0.6 is 0 Å². The van der Waals surface area contributed by atoms with E-state index < -0.39 is 12.1 Å². The average Bonchev–Trinajstić information content (AvgIpc) is 2.65. The van der Waals surface area contributed by atoms with Crippen LogP contribution < -0.4 is 0 Å². The Hall–Kier alpha value is -2.21. The fourth-order valence-electron chi connectivity index (χ4n) is 2.55. The van der Waals surface area contributed by atoms with Gasteiger partial charge >= 0.3 is 5.97 Å². The van der Waals surface area contributed by atoms with Crippen LogP contribution in [0.2, 0.25) is 0 Å². The number of carboxylic acids is 1. The van der Waals surface area contributed by atoms with Crippen LogP contribution in [0.15, 0.2) is 60.7 Å². The Bertz CT molecular complexity index is 591. The minimum atomic E-state index is -0.957. The van der Waals surface area contributed by atoms with Gasteiger partial charge in [0, 0.05) is 19.6 Å². The molecule has 0 fully saturated rings. The number of aliphatic carboxylic acids is 1. The van der Waals surface area contributed by atoms with Crippen molar-refractivity contribution in [2.75, 3.05) is 26.4 Å². The molecule has 140 valence electrons. The Kier molecular flexibility index (Phi) is 8.83. The van der Waals surface area contributed by atoms with Crippen LogP contribution in [0.1, 0.15) is 18.1 Å². The molecule has 0 bridgehead atoms. The van der Waals surface area contributed by atoms with Gasteiger partial charge in [0.2, 0.25) is 0 Å². The van der Waals surface area contributed by atoms with E-state index in [1.807, 2.05) is 36.4 Å². The summed E-state index contributed by atoms with van der Waals surface area (Å²) in [6, 6.07) is 20.7. The lowest BCUT2D eigenvalue weighted by atomic mass is 10.1. The largest absolute Gasteiger partial charge is 0.479 e. The van der Waals surface area contributed by atoms with Crippen molar-refractivity contribution in [1.29, 1.82) is 0 Å². The molecule has 0 saturated carbocycles. The highest BCUT2D eigenvalue weighted by Crippen LogP contribution is 2.09. The molecule has 1 atom stereocenters. The molecule has 2 aromatic carbocycles. The third-order valence-corrected chi connectivity index (χ3v) is 3.99. The summed E-state index contributed by atoms with van der Waals surface area (Å²) in [7, 11) is 0. The third-order valence-electron chi connectivity index (χ3n) is 3.99. The molecule has 0 aromatic heterocycles. The molecule has 5 heteroatoms. The van der Waals surface area contributed by atoms with Crippen LogP contribution in [-0.4, -0.2) is 48.4 Å². The second-order valence-corrected chi connectivity index (χ2v) is 6.15. The molecule has 5 nitrogen and oxygen atoms in total. The van der Waals surface area contributed by atoms with Gasteiger partial charge < -0.3 is 14.6 Å². The molecule has 0 saturated heterocycles. The molecule has 0 spiro atoms. The van der Waals surface area contributed by atoms with Gasteiger partial charge in [0.25, 0.3) is 0 Å². The lowest BCUT2D eigenvalue weighted by Crippen LogP contribution is -2.28. The van der Waals surface area contributed by atoms with Gasteiger partial charge in [0.1, 0.15) is 0 Å². The Morgan fingerprint density at radius 1 is 0.923 bits per heavy atom. The first-order valence-corrected chi connectivity index (χ1v) is 8.87. The number of ether oxygens (including phenoxy) is 2. The zero-order valence-corrected chi connectivity index (χ0v) is 15.2. The number of carbonyl (C=O) groups is 1. The van der Waals surface area contributed by atoms with Crippen LogP contribution in [0.5, 0.6) is 0 Å². The number of carboxylic acid groups (broad SMARTS) is 1. The molecular weight excluding hydrogens is 330 g/mol. The zero-order chi connectivity index (χ0) is 18.6. The maximum absolute atomic E-state index is 10.7. The molecular formula is C21H27NO4. The predicted octanol–water partition coefficient (Wildman–Crippen LogP) is 3.20. The highest BCUT2D eigenvalue weighted by Gasteiger charge is 2.10. The number of nitrogens with zero attached hydrogens (tertiary/aromatic N) is 1. The fraction of sp³-hybridized carbons (Fsp3) is 0.381. The predicted molar refractivity (Wildman–Crippen MR) is 101 cm³/mol. The van der Waals surface area contributed by atoms with Crippen molar-refractivity contribution < 1.29 is 19.4 Å². The maximum Gasteiger partial charge on any atom is 0.332 e. The summed E-state index contributed by atoms with van der Waals surface area (Å²) < 4.78 is 10.8. The van der Waals surface area contributed by atoms with Crippen molar-refractivity contribution in [3.63, 3.8) is 0 Å². The van der Waals surface area contributed by atoms with Crippen LogP contribution in [0.25, 0.3) is 0 Å². The molecule has 0 heterocycles. The summed E-state index contributed by atoms with van der Waals surface area (Å²) in [6.07, 6.45) is -0.800. The summed E-state index contributed by atoms with van der Waals surface area (Å²) in [5.74, 6) is -0.957.